The Morgan fingerprint density at radius 3 is 2.00 bits per heavy atom. The Morgan fingerprint density at radius 2 is 1.89 bits per heavy atom. The standard InChI is InChI=1S/C7H12O2/c1-4-5(2)7(8)9-6(4)3/h4-6H,1-3H3/t4-,5+,6-/m0/s1. The molecule has 52 valence electrons. The first kappa shape index (κ1) is 6.59. The van der Waals surface area contributed by atoms with Gasteiger partial charge in [0, 0.05) is 5.92 Å². The van der Waals surface area contributed by atoms with E-state index in [0.717, 1.165) is 0 Å². The van der Waals surface area contributed by atoms with Crippen LogP contribution in [0, 0.1) is 11.8 Å². The minimum Gasteiger partial charge on any atom is -0.462 e. The normalized spacial score (nSPS) is 43.0. The van der Waals surface area contributed by atoms with E-state index in [1.54, 1.807) is 0 Å². The molecule has 0 radical (unpaired) electrons. The molecule has 0 bridgehead atoms. The molecule has 1 fully saturated rings. The van der Waals surface area contributed by atoms with E-state index < -0.39 is 0 Å². The number of esters is 1. The molecular formula is C7H12O2. The van der Waals surface area contributed by atoms with E-state index in [1.807, 2.05) is 20.8 Å². The fourth-order valence-corrected chi connectivity index (χ4v) is 1.02. The van der Waals surface area contributed by atoms with E-state index >= 15 is 0 Å². The van der Waals surface area contributed by atoms with Gasteiger partial charge in [-0.15, -0.1) is 0 Å². The number of carbonyl (C=O) groups is 1. The summed E-state index contributed by atoms with van der Waals surface area (Å²) in [5.41, 5.74) is 0. The summed E-state index contributed by atoms with van der Waals surface area (Å²) in [7, 11) is 0. The van der Waals surface area contributed by atoms with Gasteiger partial charge in [-0.1, -0.05) is 13.8 Å². The number of carbonyl (C=O) groups excluding carboxylic acids is 1. The van der Waals surface area contributed by atoms with E-state index in [0.29, 0.717) is 5.92 Å². The molecule has 1 aliphatic rings. The topological polar surface area (TPSA) is 26.3 Å². The summed E-state index contributed by atoms with van der Waals surface area (Å²) in [4.78, 5) is 10.8. The summed E-state index contributed by atoms with van der Waals surface area (Å²) in [5.74, 6) is 0.437. The molecule has 1 saturated heterocycles. The van der Waals surface area contributed by atoms with E-state index in [2.05, 4.69) is 0 Å². The Bertz CT molecular complexity index is 131. The van der Waals surface area contributed by atoms with Gasteiger partial charge in [0.1, 0.15) is 6.10 Å². The van der Waals surface area contributed by atoms with E-state index in [4.69, 9.17) is 4.74 Å². The van der Waals surface area contributed by atoms with Crippen LogP contribution in [0.1, 0.15) is 20.8 Å². The SMILES string of the molecule is C[C@@H]1[C@H](C)OC(=O)[C@@H]1C. The third-order valence-electron chi connectivity index (χ3n) is 2.20. The third kappa shape index (κ3) is 0.934. The number of hydrogen-bond acceptors (Lipinski definition) is 2. The fraction of sp³-hybridized carbons (Fsp3) is 0.857. The van der Waals surface area contributed by atoms with Crippen molar-refractivity contribution >= 4 is 5.97 Å². The molecule has 0 aromatic heterocycles. The highest BCUT2D eigenvalue weighted by Crippen LogP contribution is 2.26. The predicted octanol–water partition coefficient (Wildman–Crippen LogP) is 1.20. The lowest BCUT2D eigenvalue weighted by atomic mass is 9.95. The smallest absolute Gasteiger partial charge is 0.309 e. The molecule has 0 aliphatic carbocycles. The lowest BCUT2D eigenvalue weighted by molar-refractivity contribution is -0.143. The van der Waals surface area contributed by atoms with Crippen molar-refractivity contribution in [3.05, 3.63) is 0 Å². The second kappa shape index (κ2) is 2.01. The predicted molar refractivity (Wildman–Crippen MR) is 33.9 cm³/mol. The maximum absolute atomic E-state index is 10.8. The molecule has 2 heteroatoms. The largest absolute Gasteiger partial charge is 0.462 e. The second-order valence-corrected chi connectivity index (χ2v) is 2.79. The van der Waals surface area contributed by atoms with Crippen LogP contribution in [0.25, 0.3) is 0 Å². The van der Waals surface area contributed by atoms with Gasteiger partial charge in [0.25, 0.3) is 0 Å². The van der Waals surface area contributed by atoms with Crippen molar-refractivity contribution in [1.82, 2.24) is 0 Å². The monoisotopic (exact) mass is 128 g/mol. The molecule has 1 heterocycles. The van der Waals surface area contributed by atoms with Crippen molar-refractivity contribution in [2.75, 3.05) is 0 Å². The molecule has 0 N–H and O–H groups in total. The zero-order chi connectivity index (χ0) is 7.02. The molecule has 1 rings (SSSR count). The second-order valence-electron chi connectivity index (χ2n) is 2.79. The number of hydrogen-bond donors (Lipinski definition) is 0. The van der Waals surface area contributed by atoms with Crippen LogP contribution in [0.4, 0.5) is 0 Å². The van der Waals surface area contributed by atoms with Crippen molar-refractivity contribution in [2.24, 2.45) is 11.8 Å². The van der Waals surface area contributed by atoms with Crippen LogP contribution in [0.2, 0.25) is 0 Å². The van der Waals surface area contributed by atoms with Crippen LogP contribution in [0.3, 0.4) is 0 Å². The molecular weight excluding hydrogens is 116 g/mol. The molecule has 0 amide bonds. The molecule has 1 aliphatic heterocycles. The van der Waals surface area contributed by atoms with E-state index in [1.165, 1.54) is 0 Å². The molecule has 0 spiro atoms. The first-order valence-corrected chi connectivity index (χ1v) is 3.33. The summed E-state index contributed by atoms with van der Waals surface area (Å²) < 4.78 is 4.95. The van der Waals surface area contributed by atoms with Crippen LogP contribution in [0.5, 0.6) is 0 Å². The van der Waals surface area contributed by atoms with Gasteiger partial charge in [-0.2, -0.15) is 0 Å². The molecule has 9 heavy (non-hydrogen) atoms. The summed E-state index contributed by atoms with van der Waals surface area (Å²) in [6, 6.07) is 0. The fourth-order valence-electron chi connectivity index (χ4n) is 1.02. The molecule has 2 nitrogen and oxygen atoms in total. The Hall–Kier alpha value is -0.530. The molecule has 0 saturated carbocycles. The lowest BCUT2D eigenvalue weighted by Crippen LogP contribution is -2.11. The maximum atomic E-state index is 10.8. The van der Waals surface area contributed by atoms with E-state index in [-0.39, 0.29) is 18.0 Å². The van der Waals surface area contributed by atoms with Gasteiger partial charge < -0.3 is 4.74 Å². The Morgan fingerprint density at radius 1 is 1.33 bits per heavy atom. The third-order valence-corrected chi connectivity index (χ3v) is 2.20. The van der Waals surface area contributed by atoms with Crippen LogP contribution >= 0.6 is 0 Å². The molecule has 0 unspecified atom stereocenters. The van der Waals surface area contributed by atoms with Gasteiger partial charge >= 0.3 is 5.97 Å². The zero-order valence-corrected chi connectivity index (χ0v) is 6.05. The Balaban J connectivity index is 2.65. The Labute approximate surface area is 55.2 Å². The first-order valence-electron chi connectivity index (χ1n) is 3.33. The van der Waals surface area contributed by atoms with Crippen molar-refractivity contribution in [2.45, 2.75) is 26.9 Å². The summed E-state index contributed by atoms with van der Waals surface area (Å²) in [6.45, 7) is 5.89. The highest BCUT2D eigenvalue weighted by atomic mass is 16.6. The van der Waals surface area contributed by atoms with Crippen LogP contribution < -0.4 is 0 Å². The van der Waals surface area contributed by atoms with Crippen LogP contribution in [-0.4, -0.2) is 12.1 Å². The van der Waals surface area contributed by atoms with Crippen LogP contribution in [-0.2, 0) is 9.53 Å². The minimum absolute atomic E-state index is 0.0463. The average Bonchev–Trinajstić information content (AvgIpc) is 1.98. The maximum Gasteiger partial charge on any atom is 0.309 e. The highest BCUT2D eigenvalue weighted by molar-refractivity contribution is 5.74. The molecule has 0 aromatic rings. The molecule has 0 aromatic carbocycles. The minimum atomic E-state index is -0.0463. The summed E-state index contributed by atoms with van der Waals surface area (Å²) >= 11 is 0. The number of ether oxygens (including phenoxy) is 1. The van der Waals surface area contributed by atoms with Crippen molar-refractivity contribution < 1.29 is 9.53 Å². The molecule has 3 atom stereocenters. The van der Waals surface area contributed by atoms with Gasteiger partial charge in [0.15, 0.2) is 0 Å². The average molecular weight is 128 g/mol. The first-order chi connectivity index (χ1) is 4.13. The number of rotatable bonds is 0. The quantitative estimate of drug-likeness (QED) is 0.458. The highest BCUT2D eigenvalue weighted by Gasteiger charge is 2.35. The van der Waals surface area contributed by atoms with Gasteiger partial charge in [-0.25, -0.2) is 0 Å². The van der Waals surface area contributed by atoms with Crippen molar-refractivity contribution in [1.29, 1.82) is 0 Å². The summed E-state index contributed by atoms with van der Waals surface area (Å²) in [5, 5.41) is 0. The van der Waals surface area contributed by atoms with Gasteiger partial charge in [-0.3, -0.25) is 4.79 Å². The number of cyclic esters (lactones) is 1. The lowest BCUT2D eigenvalue weighted by Gasteiger charge is -2.06. The summed E-state index contributed by atoms with van der Waals surface area (Å²) in [6.07, 6.45) is 0.118. The van der Waals surface area contributed by atoms with Crippen molar-refractivity contribution in [3.8, 4) is 0 Å². The zero-order valence-electron chi connectivity index (χ0n) is 6.05. The van der Waals surface area contributed by atoms with Gasteiger partial charge in [0.2, 0.25) is 0 Å². The van der Waals surface area contributed by atoms with Crippen molar-refractivity contribution in [3.63, 3.8) is 0 Å². The van der Waals surface area contributed by atoms with Crippen LogP contribution in [0.15, 0.2) is 0 Å². The Kier molecular flexibility index (Phi) is 1.47. The van der Waals surface area contributed by atoms with Gasteiger partial charge in [0.05, 0.1) is 5.92 Å². The van der Waals surface area contributed by atoms with Gasteiger partial charge in [-0.05, 0) is 6.92 Å². The van der Waals surface area contributed by atoms with E-state index in [9.17, 15) is 4.79 Å².